The molecule has 0 atom stereocenters. The van der Waals surface area contributed by atoms with E-state index in [0.717, 1.165) is 13.0 Å². The van der Waals surface area contributed by atoms with E-state index in [2.05, 4.69) is 12.2 Å². The van der Waals surface area contributed by atoms with Gasteiger partial charge in [-0.3, -0.25) is 0 Å². The first-order valence-corrected chi connectivity index (χ1v) is 9.37. The fraction of sp³-hybridized carbons (Fsp3) is 0.467. The number of nitrogens with zero attached hydrogens (tertiary/aromatic N) is 3. The summed E-state index contributed by atoms with van der Waals surface area (Å²) in [6.45, 7) is 4.68. The van der Waals surface area contributed by atoms with E-state index >= 15 is 0 Å². The minimum absolute atomic E-state index is 0.0719. The summed E-state index contributed by atoms with van der Waals surface area (Å²) in [5.41, 5.74) is 0.176. The molecule has 1 fully saturated rings. The van der Waals surface area contributed by atoms with Crippen LogP contribution in [0.2, 0.25) is 0 Å². The number of thiocarbonyl (C=S) groups is 1. The Hall–Kier alpha value is -1.69. The molecule has 0 bridgehead atoms. The van der Waals surface area contributed by atoms with Gasteiger partial charge in [-0.25, -0.2) is 8.42 Å². The molecular formula is C15H20N4O2S2. The number of hydrogen-bond donors (Lipinski definition) is 1. The molecule has 1 saturated heterocycles. The van der Waals surface area contributed by atoms with Gasteiger partial charge in [0.25, 0.3) is 0 Å². The van der Waals surface area contributed by atoms with Crippen LogP contribution in [-0.2, 0) is 10.0 Å². The molecule has 0 aromatic heterocycles. The molecule has 2 rings (SSSR count). The second-order valence-electron chi connectivity index (χ2n) is 5.23. The van der Waals surface area contributed by atoms with Gasteiger partial charge in [-0.05, 0) is 30.8 Å². The van der Waals surface area contributed by atoms with Crippen molar-refractivity contribution in [3.05, 3.63) is 29.8 Å². The SMILES string of the molecule is CCCNC(=S)N1CCN(S(=O)(=O)c2ccccc2C#N)CC1. The molecule has 0 aliphatic carbocycles. The number of hydrogen-bond acceptors (Lipinski definition) is 4. The molecule has 6 nitrogen and oxygen atoms in total. The van der Waals surface area contributed by atoms with Gasteiger partial charge >= 0.3 is 0 Å². The summed E-state index contributed by atoms with van der Waals surface area (Å²) in [5, 5.41) is 12.9. The third kappa shape index (κ3) is 3.99. The van der Waals surface area contributed by atoms with Gasteiger partial charge in [0.15, 0.2) is 5.11 Å². The molecule has 1 N–H and O–H groups in total. The Morgan fingerprint density at radius 2 is 1.96 bits per heavy atom. The van der Waals surface area contributed by atoms with Gasteiger partial charge in [-0.1, -0.05) is 19.1 Å². The summed E-state index contributed by atoms with van der Waals surface area (Å²) in [6, 6.07) is 8.24. The summed E-state index contributed by atoms with van der Waals surface area (Å²) in [4.78, 5) is 2.05. The lowest BCUT2D eigenvalue weighted by Crippen LogP contribution is -2.53. The highest BCUT2D eigenvalue weighted by molar-refractivity contribution is 7.89. The highest BCUT2D eigenvalue weighted by Gasteiger charge is 2.30. The maximum Gasteiger partial charge on any atom is 0.244 e. The van der Waals surface area contributed by atoms with Crippen LogP contribution in [0.1, 0.15) is 18.9 Å². The Bertz CT molecular complexity index is 704. The molecule has 0 spiro atoms. The van der Waals surface area contributed by atoms with Crippen LogP contribution in [0.5, 0.6) is 0 Å². The van der Waals surface area contributed by atoms with Crippen molar-refractivity contribution in [2.24, 2.45) is 0 Å². The first-order valence-electron chi connectivity index (χ1n) is 7.52. The van der Waals surface area contributed by atoms with E-state index in [4.69, 9.17) is 17.5 Å². The van der Waals surface area contributed by atoms with E-state index in [1.165, 1.54) is 16.4 Å². The highest BCUT2D eigenvalue weighted by Crippen LogP contribution is 2.21. The normalized spacial score (nSPS) is 15.9. The number of piperazine rings is 1. The lowest BCUT2D eigenvalue weighted by molar-refractivity contribution is 0.264. The van der Waals surface area contributed by atoms with Gasteiger partial charge in [0.1, 0.15) is 6.07 Å². The molecule has 23 heavy (non-hydrogen) atoms. The van der Waals surface area contributed by atoms with E-state index in [1.807, 2.05) is 11.0 Å². The maximum atomic E-state index is 12.7. The zero-order valence-electron chi connectivity index (χ0n) is 13.0. The van der Waals surface area contributed by atoms with Crippen LogP contribution in [0.15, 0.2) is 29.2 Å². The average molecular weight is 352 g/mol. The minimum atomic E-state index is -3.65. The number of benzene rings is 1. The molecule has 1 aliphatic rings. The second kappa shape index (κ2) is 7.73. The smallest absolute Gasteiger partial charge is 0.244 e. The summed E-state index contributed by atoms with van der Waals surface area (Å²) in [7, 11) is -3.65. The molecular weight excluding hydrogens is 332 g/mol. The van der Waals surface area contributed by atoms with Crippen LogP contribution in [0, 0.1) is 11.3 Å². The third-order valence-electron chi connectivity index (χ3n) is 3.68. The Balaban J connectivity index is 2.07. The summed E-state index contributed by atoms with van der Waals surface area (Å²) < 4.78 is 26.9. The van der Waals surface area contributed by atoms with E-state index in [0.29, 0.717) is 31.3 Å². The molecule has 0 saturated carbocycles. The molecule has 1 heterocycles. The average Bonchev–Trinajstić information content (AvgIpc) is 2.59. The van der Waals surface area contributed by atoms with Crippen LogP contribution in [0.4, 0.5) is 0 Å². The van der Waals surface area contributed by atoms with Crippen LogP contribution in [-0.4, -0.2) is 55.5 Å². The molecule has 0 amide bonds. The molecule has 0 radical (unpaired) electrons. The predicted molar refractivity (Wildman–Crippen MR) is 92.4 cm³/mol. The fourth-order valence-electron chi connectivity index (χ4n) is 2.40. The Morgan fingerprint density at radius 1 is 1.30 bits per heavy atom. The quantitative estimate of drug-likeness (QED) is 0.819. The van der Waals surface area contributed by atoms with Gasteiger partial charge in [-0.2, -0.15) is 9.57 Å². The summed E-state index contributed by atoms with van der Waals surface area (Å²) in [5.74, 6) is 0. The molecule has 0 unspecified atom stereocenters. The van der Waals surface area contributed by atoms with Gasteiger partial charge in [0, 0.05) is 32.7 Å². The van der Waals surface area contributed by atoms with Gasteiger partial charge < -0.3 is 10.2 Å². The van der Waals surface area contributed by atoms with Crippen LogP contribution < -0.4 is 5.32 Å². The highest BCUT2D eigenvalue weighted by atomic mass is 32.2. The Morgan fingerprint density at radius 3 is 2.57 bits per heavy atom. The standard InChI is InChI=1S/C15H20N4O2S2/c1-2-7-17-15(22)18-8-10-19(11-9-18)23(20,21)14-6-4-3-5-13(14)12-16/h3-6H,2,7-11H2,1H3,(H,17,22). The molecule has 8 heteroatoms. The van der Waals surface area contributed by atoms with Crippen molar-refractivity contribution in [3.8, 4) is 6.07 Å². The van der Waals surface area contributed by atoms with E-state index < -0.39 is 10.0 Å². The maximum absolute atomic E-state index is 12.7. The zero-order valence-corrected chi connectivity index (χ0v) is 14.7. The van der Waals surface area contributed by atoms with Crippen molar-refractivity contribution in [2.45, 2.75) is 18.2 Å². The van der Waals surface area contributed by atoms with Gasteiger partial charge in [0.05, 0.1) is 10.5 Å². The van der Waals surface area contributed by atoms with Crippen molar-refractivity contribution >= 4 is 27.4 Å². The summed E-state index contributed by atoms with van der Waals surface area (Å²) >= 11 is 5.31. The first-order chi connectivity index (χ1) is 11.0. The largest absolute Gasteiger partial charge is 0.363 e. The molecule has 1 aromatic rings. The monoisotopic (exact) mass is 352 g/mol. The fourth-order valence-corrected chi connectivity index (χ4v) is 4.25. The van der Waals surface area contributed by atoms with E-state index in [1.54, 1.807) is 12.1 Å². The van der Waals surface area contributed by atoms with Crippen molar-refractivity contribution in [3.63, 3.8) is 0 Å². The van der Waals surface area contributed by atoms with E-state index in [-0.39, 0.29) is 10.5 Å². The van der Waals surface area contributed by atoms with Crippen molar-refractivity contribution in [2.75, 3.05) is 32.7 Å². The van der Waals surface area contributed by atoms with Crippen molar-refractivity contribution in [1.29, 1.82) is 5.26 Å². The minimum Gasteiger partial charge on any atom is -0.363 e. The molecule has 124 valence electrons. The number of sulfonamides is 1. The predicted octanol–water partition coefficient (Wildman–Crippen LogP) is 1.15. The zero-order chi connectivity index (χ0) is 16.9. The molecule has 1 aromatic carbocycles. The van der Waals surface area contributed by atoms with Crippen molar-refractivity contribution < 1.29 is 8.42 Å². The van der Waals surface area contributed by atoms with Crippen LogP contribution in [0.25, 0.3) is 0 Å². The first kappa shape index (κ1) is 17.7. The van der Waals surface area contributed by atoms with E-state index in [9.17, 15) is 8.42 Å². The number of nitrogens with one attached hydrogen (secondary N) is 1. The number of nitriles is 1. The lowest BCUT2D eigenvalue weighted by Gasteiger charge is -2.35. The lowest BCUT2D eigenvalue weighted by atomic mass is 10.2. The topological polar surface area (TPSA) is 76.4 Å². The summed E-state index contributed by atoms with van der Waals surface area (Å²) in [6.07, 6.45) is 0.986. The molecule has 1 aliphatic heterocycles. The van der Waals surface area contributed by atoms with Crippen LogP contribution in [0.3, 0.4) is 0 Å². The Labute approximate surface area is 142 Å². The Kier molecular flexibility index (Phi) is 5.93. The van der Waals surface area contributed by atoms with Gasteiger partial charge in [0.2, 0.25) is 10.0 Å². The third-order valence-corrected chi connectivity index (χ3v) is 6.04. The number of rotatable bonds is 4. The van der Waals surface area contributed by atoms with Crippen molar-refractivity contribution in [1.82, 2.24) is 14.5 Å². The van der Waals surface area contributed by atoms with Crippen LogP contribution >= 0.6 is 12.2 Å². The van der Waals surface area contributed by atoms with Gasteiger partial charge in [-0.15, -0.1) is 0 Å². The second-order valence-corrected chi connectivity index (χ2v) is 7.52.